The van der Waals surface area contributed by atoms with Crippen molar-refractivity contribution in [3.8, 4) is 5.88 Å². The van der Waals surface area contributed by atoms with Crippen LogP contribution in [0.3, 0.4) is 0 Å². The minimum Gasteiger partial charge on any atom is -0.475 e. The number of rotatable bonds is 1. The Balaban J connectivity index is 1.80. The zero-order valence-electron chi connectivity index (χ0n) is 9.79. The third kappa shape index (κ3) is 2.28. The van der Waals surface area contributed by atoms with Gasteiger partial charge in [-0.3, -0.25) is 4.79 Å². The van der Waals surface area contributed by atoms with Gasteiger partial charge in [-0.25, -0.2) is 0 Å². The molecular formula is C11H13N3O3S. The normalized spacial score (nSPS) is 19.0. The molecule has 1 fully saturated rings. The maximum atomic E-state index is 12.2. The van der Waals surface area contributed by atoms with Crippen molar-refractivity contribution in [1.29, 1.82) is 0 Å². The maximum Gasteiger partial charge on any atom is 0.274 e. The monoisotopic (exact) mass is 267 g/mol. The summed E-state index contributed by atoms with van der Waals surface area (Å²) in [5.74, 6) is 1.33. The molecule has 2 aliphatic heterocycles. The van der Waals surface area contributed by atoms with Gasteiger partial charge in [0.25, 0.3) is 5.91 Å². The fraction of sp³-hybridized carbons (Fsp3) is 0.545. The second-order valence-electron chi connectivity index (χ2n) is 4.00. The Hall–Kier alpha value is -1.34. The van der Waals surface area contributed by atoms with Crippen LogP contribution in [-0.4, -0.2) is 59.7 Å². The summed E-state index contributed by atoms with van der Waals surface area (Å²) in [6.07, 6.45) is 0. The van der Waals surface area contributed by atoms with Crippen molar-refractivity contribution in [2.24, 2.45) is 0 Å². The van der Waals surface area contributed by atoms with Gasteiger partial charge in [0.1, 0.15) is 0 Å². The molecule has 18 heavy (non-hydrogen) atoms. The molecule has 96 valence electrons. The van der Waals surface area contributed by atoms with Crippen LogP contribution >= 0.6 is 11.8 Å². The summed E-state index contributed by atoms with van der Waals surface area (Å²) in [6, 6.07) is 1.77. The number of carbonyl (C=O) groups is 1. The van der Waals surface area contributed by atoms with Crippen LogP contribution < -0.4 is 4.74 Å². The minimum absolute atomic E-state index is 0.0835. The van der Waals surface area contributed by atoms with Crippen molar-refractivity contribution in [2.75, 3.05) is 38.7 Å². The maximum absolute atomic E-state index is 12.2. The van der Waals surface area contributed by atoms with E-state index in [1.165, 1.54) is 0 Å². The lowest BCUT2D eigenvalue weighted by molar-refractivity contribution is 0.0298. The standard InChI is InChI=1S/C11H13N3O3S/c15-11(14-1-3-16-4-2-14)8-7-9-10(13-12-8)17-5-6-18-9/h7H,1-6H2. The topological polar surface area (TPSA) is 64.5 Å². The molecule has 0 N–H and O–H groups in total. The van der Waals surface area contributed by atoms with Crippen molar-refractivity contribution in [3.05, 3.63) is 11.8 Å². The number of hydrogen-bond donors (Lipinski definition) is 0. The van der Waals surface area contributed by atoms with Gasteiger partial charge in [0, 0.05) is 18.8 Å². The third-order valence-corrected chi connectivity index (χ3v) is 3.80. The lowest BCUT2D eigenvalue weighted by Crippen LogP contribution is -2.41. The average molecular weight is 267 g/mol. The molecule has 0 unspecified atom stereocenters. The van der Waals surface area contributed by atoms with E-state index in [1.807, 2.05) is 0 Å². The molecule has 0 spiro atoms. The molecule has 1 aromatic rings. The fourth-order valence-electron chi connectivity index (χ4n) is 1.89. The smallest absolute Gasteiger partial charge is 0.274 e. The molecule has 0 saturated carbocycles. The lowest BCUT2D eigenvalue weighted by atomic mass is 10.3. The molecule has 1 aromatic heterocycles. The molecule has 7 heteroatoms. The van der Waals surface area contributed by atoms with Gasteiger partial charge in [-0.1, -0.05) is 0 Å². The molecule has 2 aliphatic rings. The van der Waals surface area contributed by atoms with E-state index in [2.05, 4.69) is 10.2 Å². The molecule has 0 aromatic carbocycles. The predicted molar refractivity (Wildman–Crippen MR) is 65.0 cm³/mol. The van der Waals surface area contributed by atoms with Crippen molar-refractivity contribution >= 4 is 17.7 Å². The van der Waals surface area contributed by atoms with Crippen LogP contribution in [0.1, 0.15) is 10.5 Å². The Bertz CT molecular complexity index is 463. The average Bonchev–Trinajstić information content (AvgIpc) is 2.47. The highest BCUT2D eigenvalue weighted by atomic mass is 32.2. The highest BCUT2D eigenvalue weighted by molar-refractivity contribution is 7.99. The van der Waals surface area contributed by atoms with Crippen LogP contribution in [0.2, 0.25) is 0 Å². The highest BCUT2D eigenvalue weighted by Crippen LogP contribution is 2.30. The summed E-state index contributed by atoms with van der Waals surface area (Å²) in [6.45, 7) is 3.04. The summed E-state index contributed by atoms with van der Waals surface area (Å²) < 4.78 is 10.6. The van der Waals surface area contributed by atoms with E-state index in [4.69, 9.17) is 9.47 Å². The molecule has 0 radical (unpaired) electrons. The van der Waals surface area contributed by atoms with Crippen LogP contribution in [0.25, 0.3) is 0 Å². The van der Waals surface area contributed by atoms with E-state index in [-0.39, 0.29) is 5.91 Å². The van der Waals surface area contributed by atoms with Crippen molar-refractivity contribution in [2.45, 2.75) is 4.90 Å². The van der Waals surface area contributed by atoms with Gasteiger partial charge >= 0.3 is 0 Å². The number of nitrogens with zero attached hydrogens (tertiary/aromatic N) is 3. The molecule has 6 nitrogen and oxygen atoms in total. The minimum atomic E-state index is -0.0835. The Morgan fingerprint density at radius 2 is 2.11 bits per heavy atom. The van der Waals surface area contributed by atoms with Gasteiger partial charge in [-0.15, -0.1) is 22.0 Å². The quantitative estimate of drug-likeness (QED) is 0.735. The molecule has 1 amide bonds. The number of fused-ring (bicyclic) bond motifs is 1. The summed E-state index contributed by atoms with van der Waals surface area (Å²) in [4.78, 5) is 14.8. The van der Waals surface area contributed by atoms with E-state index in [0.717, 1.165) is 10.6 Å². The SMILES string of the molecule is O=C(c1cc2c(nn1)OCCS2)N1CCOCC1. The van der Waals surface area contributed by atoms with Crippen molar-refractivity contribution in [3.63, 3.8) is 0 Å². The Morgan fingerprint density at radius 1 is 1.28 bits per heavy atom. The van der Waals surface area contributed by atoms with E-state index in [1.54, 1.807) is 22.7 Å². The number of thioether (sulfide) groups is 1. The first-order valence-electron chi connectivity index (χ1n) is 5.85. The molecular weight excluding hydrogens is 254 g/mol. The van der Waals surface area contributed by atoms with Crippen LogP contribution in [0.4, 0.5) is 0 Å². The van der Waals surface area contributed by atoms with Crippen molar-refractivity contribution in [1.82, 2.24) is 15.1 Å². The van der Waals surface area contributed by atoms with Crippen LogP contribution in [0, 0.1) is 0 Å². The predicted octanol–water partition coefficient (Wildman–Crippen LogP) is 0.433. The van der Waals surface area contributed by atoms with Crippen LogP contribution in [-0.2, 0) is 4.74 Å². The molecule has 3 heterocycles. The highest BCUT2D eigenvalue weighted by Gasteiger charge is 2.22. The lowest BCUT2D eigenvalue weighted by Gasteiger charge is -2.26. The summed E-state index contributed by atoms with van der Waals surface area (Å²) in [5.41, 5.74) is 0.383. The van der Waals surface area contributed by atoms with E-state index in [0.29, 0.717) is 44.5 Å². The van der Waals surface area contributed by atoms with Crippen LogP contribution in [0.5, 0.6) is 5.88 Å². The molecule has 3 rings (SSSR count). The van der Waals surface area contributed by atoms with E-state index < -0.39 is 0 Å². The van der Waals surface area contributed by atoms with Gasteiger partial charge in [-0.2, -0.15) is 0 Å². The number of aromatic nitrogens is 2. The second-order valence-corrected chi connectivity index (χ2v) is 5.14. The first-order valence-corrected chi connectivity index (χ1v) is 6.83. The largest absolute Gasteiger partial charge is 0.475 e. The summed E-state index contributed by atoms with van der Waals surface area (Å²) in [5, 5.41) is 7.91. The van der Waals surface area contributed by atoms with Crippen LogP contribution in [0.15, 0.2) is 11.0 Å². The van der Waals surface area contributed by atoms with Gasteiger partial charge in [-0.05, 0) is 6.07 Å². The number of amides is 1. The zero-order valence-corrected chi connectivity index (χ0v) is 10.6. The number of carbonyl (C=O) groups excluding carboxylic acids is 1. The van der Waals surface area contributed by atoms with E-state index in [9.17, 15) is 4.79 Å². The molecule has 0 atom stereocenters. The van der Waals surface area contributed by atoms with Crippen molar-refractivity contribution < 1.29 is 14.3 Å². The van der Waals surface area contributed by atoms with Gasteiger partial charge in [0.2, 0.25) is 5.88 Å². The van der Waals surface area contributed by atoms with Gasteiger partial charge in [0.15, 0.2) is 5.69 Å². The summed E-state index contributed by atoms with van der Waals surface area (Å²) in [7, 11) is 0. The fourth-order valence-corrected chi connectivity index (χ4v) is 2.69. The molecule has 1 saturated heterocycles. The van der Waals surface area contributed by atoms with Gasteiger partial charge < -0.3 is 14.4 Å². The Morgan fingerprint density at radius 3 is 2.94 bits per heavy atom. The zero-order chi connectivity index (χ0) is 12.4. The van der Waals surface area contributed by atoms with E-state index >= 15 is 0 Å². The molecule has 0 bridgehead atoms. The Kier molecular flexibility index (Phi) is 3.33. The third-order valence-electron chi connectivity index (χ3n) is 2.82. The summed E-state index contributed by atoms with van der Waals surface area (Å²) >= 11 is 1.64. The second kappa shape index (κ2) is 5.11. The number of morpholine rings is 1. The molecule has 0 aliphatic carbocycles. The van der Waals surface area contributed by atoms with Gasteiger partial charge in [0.05, 0.1) is 24.7 Å². The Labute approximate surface area is 109 Å². The number of hydrogen-bond acceptors (Lipinski definition) is 6. The first-order chi connectivity index (χ1) is 8.84. The number of ether oxygens (including phenoxy) is 2. The first kappa shape index (κ1) is 11.7.